The van der Waals surface area contributed by atoms with Crippen LogP contribution in [-0.2, 0) is 4.74 Å². The summed E-state index contributed by atoms with van der Waals surface area (Å²) in [5.74, 6) is 0. The first kappa shape index (κ1) is 14.8. The van der Waals surface area contributed by atoms with Crippen molar-refractivity contribution in [3.05, 3.63) is 0 Å². The molecule has 0 rings (SSSR count). The summed E-state index contributed by atoms with van der Waals surface area (Å²) in [6, 6.07) is 0. The van der Waals surface area contributed by atoms with E-state index >= 15 is 0 Å². The molecule has 0 aromatic carbocycles. The van der Waals surface area contributed by atoms with Gasteiger partial charge in [0.15, 0.2) is 0 Å². The monoisotopic (exact) mass is 220 g/mol. The molecule has 0 radical (unpaired) electrons. The Labute approximate surface area is 92.0 Å². The minimum Gasteiger partial charge on any atom is -0.394 e. The number of ether oxygens (including phenoxy) is 1. The molecule has 15 heavy (non-hydrogen) atoms. The average Bonchev–Trinajstić information content (AvgIpc) is 2.15. The molecular formula is C10H24N2O3. The minimum absolute atomic E-state index is 0.0784. The predicted octanol–water partition coefficient (Wildman–Crippen LogP) is -1.10. The molecule has 0 saturated heterocycles. The maximum Gasteiger partial charge on any atom is 0.0791 e. The van der Waals surface area contributed by atoms with Gasteiger partial charge in [-0.05, 0) is 27.1 Å². The van der Waals surface area contributed by atoms with Crippen molar-refractivity contribution in [1.29, 1.82) is 0 Å². The molecule has 0 fully saturated rings. The van der Waals surface area contributed by atoms with Crippen molar-refractivity contribution in [2.45, 2.75) is 12.5 Å². The number of hydrogen-bond acceptors (Lipinski definition) is 5. The third-order valence-electron chi connectivity index (χ3n) is 1.83. The van der Waals surface area contributed by atoms with E-state index in [0.717, 1.165) is 13.0 Å². The quantitative estimate of drug-likeness (QED) is 0.408. The van der Waals surface area contributed by atoms with Crippen LogP contribution < -0.4 is 5.32 Å². The summed E-state index contributed by atoms with van der Waals surface area (Å²) in [4.78, 5) is 1.96. The van der Waals surface area contributed by atoms with Crippen LogP contribution in [-0.4, -0.2) is 74.8 Å². The third kappa shape index (κ3) is 11.7. The fraction of sp³-hybridized carbons (Fsp3) is 1.00. The van der Waals surface area contributed by atoms with Crippen LogP contribution in [0.4, 0.5) is 0 Å². The van der Waals surface area contributed by atoms with E-state index in [1.807, 2.05) is 19.0 Å². The molecule has 5 heteroatoms. The molecule has 92 valence electrons. The largest absolute Gasteiger partial charge is 0.394 e. The van der Waals surface area contributed by atoms with E-state index < -0.39 is 0 Å². The molecule has 5 nitrogen and oxygen atoms in total. The Morgan fingerprint density at radius 2 is 2.07 bits per heavy atom. The fourth-order valence-corrected chi connectivity index (χ4v) is 1.22. The van der Waals surface area contributed by atoms with E-state index in [-0.39, 0.29) is 12.7 Å². The van der Waals surface area contributed by atoms with Crippen molar-refractivity contribution in [2.24, 2.45) is 0 Å². The Balaban J connectivity index is 3.09. The molecule has 0 aromatic rings. The maximum atomic E-state index is 9.49. The highest BCUT2D eigenvalue weighted by Gasteiger charge is 2.03. The summed E-state index contributed by atoms with van der Waals surface area (Å²) < 4.78 is 5.09. The maximum absolute atomic E-state index is 9.49. The molecule has 1 unspecified atom stereocenters. The zero-order valence-electron chi connectivity index (χ0n) is 9.78. The Kier molecular flexibility index (Phi) is 10.2. The first-order chi connectivity index (χ1) is 7.16. The number of likely N-dealkylation sites (N-methyl/N-ethyl adjacent to an activating group) is 1. The molecular weight excluding hydrogens is 196 g/mol. The van der Waals surface area contributed by atoms with Gasteiger partial charge in [0.25, 0.3) is 0 Å². The lowest BCUT2D eigenvalue weighted by atomic mass is 10.3. The number of hydrogen-bond donors (Lipinski definition) is 3. The van der Waals surface area contributed by atoms with Crippen LogP contribution in [0.1, 0.15) is 6.42 Å². The van der Waals surface area contributed by atoms with Gasteiger partial charge in [-0.25, -0.2) is 0 Å². The minimum atomic E-state index is -0.321. The van der Waals surface area contributed by atoms with Crippen molar-refractivity contribution in [2.75, 3.05) is 53.6 Å². The highest BCUT2D eigenvalue weighted by atomic mass is 16.5. The van der Waals surface area contributed by atoms with Gasteiger partial charge in [-0.1, -0.05) is 0 Å². The second-order valence-corrected chi connectivity index (χ2v) is 3.81. The number of aliphatic hydroxyl groups excluding tert-OH is 2. The molecule has 0 spiro atoms. The summed E-state index contributed by atoms with van der Waals surface area (Å²) >= 11 is 0. The molecule has 0 aromatic heterocycles. The molecule has 0 amide bonds. The number of aliphatic hydroxyl groups is 2. The molecule has 0 aliphatic heterocycles. The topological polar surface area (TPSA) is 65.0 Å². The van der Waals surface area contributed by atoms with Crippen LogP contribution >= 0.6 is 0 Å². The van der Waals surface area contributed by atoms with Crippen LogP contribution in [0.5, 0.6) is 0 Å². The molecule has 0 bridgehead atoms. The summed E-state index contributed by atoms with van der Waals surface area (Å²) in [7, 11) is 3.87. The Bertz CT molecular complexity index is 134. The molecule has 0 aliphatic rings. The van der Waals surface area contributed by atoms with Gasteiger partial charge < -0.3 is 25.2 Å². The van der Waals surface area contributed by atoms with Crippen LogP contribution in [0, 0.1) is 0 Å². The third-order valence-corrected chi connectivity index (χ3v) is 1.83. The SMILES string of the molecule is CN(C)CC(O)CNCCCOCCO. The normalized spacial score (nSPS) is 13.4. The van der Waals surface area contributed by atoms with E-state index in [1.165, 1.54) is 0 Å². The van der Waals surface area contributed by atoms with Gasteiger partial charge in [0.05, 0.1) is 19.3 Å². The Morgan fingerprint density at radius 3 is 2.67 bits per heavy atom. The van der Waals surface area contributed by atoms with E-state index in [0.29, 0.717) is 26.3 Å². The van der Waals surface area contributed by atoms with E-state index in [2.05, 4.69) is 5.32 Å². The van der Waals surface area contributed by atoms with Gasteiger partial charge >= 0.3 is 0 Å². The number of rotatable bonds is 10. The summed E-state index contributed by atoms with van der Waals surface area (Å²) in [5, 5.41) is 21.1. The zero-order chi connectivity index (χ0) is 11.5. The van der Waals surface area contributed by atoms with Gasteiger partial charge in [-0.3, -0.25) is 0 Å². The lowest BCUT2D eigenvalue weighted by Gasteiger charge is -2.16. The zero-order valence-corrected chi connectivity index (χ0v) is 9.78. The van der Waals surface area contributed by atoms with E-state index in [4.69, 9.17) is 9.84 Å². The fourth-order valence-electron chi connectivity index (χ4n) is 1.22. The second kappa shape index (κ2) is 10.3. The van der Waals surface area contributed by atoms with Gasteiger partial charge in [0, 0.05) is 19.7 Å². The lowest BCUT2D eigenvalue weighted by molar-refractivity contribution is 0.0893. The Morgan fingerprint density at radius 1 is 1.33 bits per heavy atom. The first-order valence-electron chi connectivity index (χ1n) is 5.39. The van der Waals surface area contributed by atoms with Gasteiger partial charge in [-0.2, -0.15) is 0 Å². The molecule has 0 aliphatic carbocycles. The molecule has 1 atom stereocenters. The number of nitrogens with zero attached hydrogens (tertiary/aromatic N) is 1. The van der Waals surface area contributed by atoms with Crippen molar-refractivity contribution in [3.63, 3.8) is 0 Å². The highest BCUT2D eigenvalue weighted by Crippen LogP contribution is 1.85. The summed E-state index contributed by atoms with van der Waals surface area (Å²) in [6.07, 6.45) is 0.577. The molecule has 0 heterocycles. The molecule has 0 saturated carbocycles. The Hall–Kier alpha value is -0.200. The van der Waals surface area contributed by atoms with E-state index in [9.17, 15) is 5.11 Å². The van der Waals surface area contributed by atoms with Crippen LogP contribution in [0.2, 0.25) is 0 Å². The smallest absolute Gasteiger partial charge is 0.0791 e. The van der Waals surface area contributed by atoms with Crippen molar-refractivity contribution in [1.82, 2.24) is 10.2 Å². The second-order valence-electron chi connectivity index (χ2n) is 3.81. The van der Waals surface area contributed by atoms with Crippen LogP contribution in [0.25, 0.3) is 0 Å². The first-order valence-corrected chi connectivity index (χ1v) is 5.39. The van der Waals surface area contributed by atoms with Gasteiger partial charge in [0.1, 0.15) is 0 Å². The average molecular weight is 220 g/mol. The molecule has 3 N–H and O–H groups in total. The lowest BCUT2D eigenvalue weighted by Crippen LogP contribution is -2.35. The van der Waals surface area contributed by atoms with Crippen LogP contribution in [0.15, 0.2) is 0 Å². The van der Waals surface area contributed by atoms with Crippen molar-refractivity contribution < 1.29 is 14.9 Å². The van der Waals surface area contributed by atoms with E-state index in [1.54, 1.807) is 0 Å². The number of nitrogens with one attached hydrogen (secondary N) is 1. The van der Waals surface area contributed by atoms with Gasteiger partial charge in [0.2, 0.25) is 0 Å². The highest BCUT2D eigenvalue weighted by molar-refractivity contribution is 4.61. The van der Waals surface area contributed by atoms with Crippen molar-refractivity contribution in [3.8, 4) is 0 Å². The predicted molar refractivity (Wildman–Crippen MR) is 60.0 cm³/mol. The summed E-state index contributed by atoms with van der Waals surface area (Å²) in [5.41, 5.74) is 0. The van der Waals surface area contributed by atoms with Gasteiger partial charge in [-0.15, -0.1) is 0 Å². The summed E-state index contributed by atoms with van der Waals surface area (Å²) in [6.45, 7) is 3.25. The standard InChI is InChI=1S/C10H24N2O3/c1-12(2)9-10(14)8-11-4-3-6-15-7-5-13/h10-11,13-14H,3-9H2,1-2H3. The van der Waals surface area contributed by atoms with Crippen molar-refractivity contribution >= 4 is 0 Å². The van der Waals surface area contributed by atoms with Crippen LogP contribution in [0.3, 0.4) is 0 Å².